The second-order valence-electron chi connectivity index (χ2n) is 10.9. The van der Waals surface area contributed by atoms with E-state index in [1.165, 1.54) is 38.1 Å². The molecule has 0 radical (unpaired) electrons. The fourth-order valence-electron chi connectivity index (χ4n) is 4.46. The van der Waals surface area contributed by atoms with Gasteiger partial charge in [-0.1, -0.05) is 29.8 Å². The van der Waals surface area contributed by atoms with Gasteiger partial charge < -0.3 is 19.8 Å². The molecule has 18 heteroatoms. The Balaban J connectivity index is 0.000000223. The van der Waals surface area contributed by atoms with Crippen molar-refractivity contribution in [3.63, 3.8) is 0 Å². The maximum atomic E-state index is 13.1. The molecule has 0 saturated heterocycles. The molecule has 0 aliphatic rings. The molecule has 3 heterocycles. The lowest BCUT2D eigenvalue weighted by molar-refractivity contribution is -0.146. The molecule has 0 saturated carbocycles. The van der Waals surface area contributed by atoms with Crippen molar-refractivity contribution in [1.82, 2.24) is 29.3 Å². The van der Waals surface area contributed by atoms with Gasteiger partial charge in [-0.2, -0.15) is 23.3 Å². The number of imidazole rings is 1. The number of hydrogen-bond acceptors (Lipinski definition) is 11. The molecule has 0 atom stereocenters. The minimum atomic E-state index is -4.61. The Morgan fingerprint density at radius 1 is 0.959 bits per heavy atom. The van der Waals surface area contributed by atoms with Crippen LogP contribution in [0.5, 0.6) is 0 Å². The van der Waals surface area contributed by atoms with Crippen LogP contribution in [-0.4, -0.2) is 62.9 Å². The van der Waals surface area contributed by atoms with E-state index in [1.54, 1.807) is 36.8 Å². The number of nitrogens with two attached hydrogens (primary N) is 2. The number of rotatable bonds is 10. The summed E-state index contributed by atoms with van der Waals surface area (Å²) in [5, 5.41) is 8.70. The predicted octanol–water partition coefficient (Wildman–Crippen LogP) is 4.05. The number of benzene rings is 2. The SMILES string of the molecule is CC(=O)OCC(CCn1cnc2cnc(N)nc21)COC(C)=O.Cc1ccc(-c2cc(C(F)(F)F)nn2-c2ccc(S(N)(=O)=O)cc2)cc1. The summed E-state index contributed by atoms with van der Waals surface area (Å²) < 4.78 is 75.0. The molecule has 49 heavy (non-hydrogen) atoms. The van der Waals surface area contributed by atoms with Gasteiger partial charge in [0.1, 0.15) is 5.52 Å². The number of hydrogen-bond donors (Lipinski definition) is 2. The Kier molecular flexibility index (Phi) is 11.3. The van der Waals surface area contributed by atoms with Crippen LogP contribution in [0.15, 0.2) is 72.0 Å². The molecule has 0 fully saturated rings. The zero-order chi connectivity index (χ0) is 35.9. The van der Waals surface area contributed by atoms with Crippen LogP contribution in [0.4, 0.5) is 19.1 Å². The standard InChI is InChI=1S/C17H14F3N3O2S.C14H19N5O4/c1-11-2-4-12(5-3-11)15-10-16(17(18,19)20)22-23(15)13-6-8-14(9-7-13)26(21,24)25;1-9(20)22-6-11(7-23-10(2)21)3-4-19-8-17-12-5-16-14(15)18-13(12)19/h2-10H,1H3,(H2,21,24,25);5,8,11H,3-4,6-7H2,1-2H3,(H2,15,16,18). The van der Waals surface area contributed by atoms with Crippen molar-refractivity contribution in [1.29, 1.82) is 0 Å². The Morgan fingerprint density at radius 3 is 2.12 bits per heavy atom. The van der Waals surface area contributed by atoms with Gasteiger partial charge in [0, 0.05) is 31.9 Å². The van der Waals surface area contributed by atoms with E-state index in [9.17, 15) is 31.2 Å². The van der Waals surface area contributed by atoms with Gasteiger partial charge >= 0.3 is 18.1 Å². The van der Waals surface area contributed by atoms with E-state index in [1.807, 2.05) is 11.5 Å². The molecule has 5 rings (SSSR count). The minimum absolute atomic E-state index is 0.112. The van der Waals surface area contributed by atoms with Gasteiger partial charge in [0.25, 0.3) is 0 Å². The lowest BCUT2D eigenvalue weighted by Gasteiger charge is -2.16. The average Bonchev–Trinajstić information content (AvgIpc) is 3.66. The van der Waals surface area contributed by atoms with E-state index in [4.69, 9.17) is 20.3 Å². The van der Waals surface area contributed by atoms with Gasteiger partial charge in [-0.05, 0) is 43.7 Å². The molecule has 3 aromatic heterocycles. The normalized spacial score (nSPS) is 11.7. The van der Waals surface area contributed by atoms with E-state index >= 15 is 0 Å². The lowest BCUT2D eigenvalue weighted by atomic mass is 10.1. The van der Waals surface area contributed by atoms with E-state index in [0.29, 0.717) is 29.7 Å². The number of ether oxygens (including phenoxy) is 2. The number of carbonyl (C=O) groups excluding carboxylic acids is 2. The Labute approximate surface area is 278 Å². The number of halogens is 3. The number of esters is 2. The maximum absolute atomic E-state index is 13.1. The van der Waals surface area contributed by atoms with Gasteiger partial charge in [-0.15, -0.1) is 0 Å². The van der Waals surface area contributed by atoms with E-state index in [-0.39, 0.29) is 53.3 Å². The summed E-state index contributed by atoms with van der Waals surface area (Å²) in [5.74, 6) is -0.673. The van der Waals surface area contributed by atoms with Crippen molar-refractivity contribution in [2.24, 2.45) is 11.1 Å². The minimum Gasteiger partial charge on any atom is -0.465 e. The van der Waals surface area contributed by atoms with Crippen molar-refractivity contribution < 1.29 is 40.7 Å². The Hall–Kier alpha value is -5.36. The summed E-state index contributed by atoms with van der Waals surface area (Å²) in [6.07, 6.45) is -0.780. The summed E-state index contributed by atoms with van der Waals surface area (Å²) in [6, 6.07) is 13.1. The molecule has 2 aromatic carbocycles. The molecular weight excluding hydrogens is 669 g/mol. The highest BCUT2D eigenvalue weighted by Crippen LogP contribution is 2.33. The number of nitrogens with zero attached hydrogens (tertiary/aromatic N) is 6. The monoisotopic (exact) mass is 702 g/mol. The van der Waals surface area contributed by atoms with Crippen LogP contribution in [-0.2, 0) is 41.8 Å². The molecule has 260 valence electrons. The number of fused-ring (bicyclic) bond motifs is 1. The van der Waals surface area contributed by atoms with Crippen LogP contribution < -0.4 is 10.9 Å². The van der Waals surface area contributed by atoms with Crippen LogP contribution in [0.25, 0.3) is 28.1 Å². The van der Waals surface area contributed by atoms with Crippen molar-refractivity contribution in [2.45, 2.75) is 44.8 Å². The van der Waals surface area contributed by atoms with Gasteiger partial charge in [0.15, 0.2) is 11.3 Å². The Morgan fingerprint density at radius 2 is 1.57 bits per heavy atom. The molecule has 14 nitrogen and oxygen atoms in total. The molecule has 0 bridgehead atoms. The summed E-state index contributed by atoms with van der Waals surface area (Å²) in [5.41, 5.74) is 7.87. The van der Waals surface area contributed by atoms with Crippen LogP contribution in [0.3, 0.4) is 0 Å². The zero-order valence-electron chi connectivity index (χ0n) is 26.6. The first-order valence-electron chi connectivity index (χ1n) is 14.6. The number of carbonyl (C=O) groups is 2. The highest BCUT2D eigenvalue weighted by Gasteiger charge is 2.35. The van der Waals surface area contributed by atoms with Crippen LogP contribution in [0, 0.1) is 12.8 Å². The third-order valence-corrected chi connectivity index (χ3v) is 7.89. The van der Waals surface area contributed by atoms with Gasteiger partial charge in [0.05, 0.1) is 42.0 Å². The number of nitrogen functional groups attached to an aromatic ring is 1. The smallest absolute Gasteiger partial charge is 0.435 e. The predicted molar refractivity (Wildman–Crippen MR) is 171 cm³/mol. The quantitative estimate of drug-likeness (QED) is 0.199. The summed E-state index contributed by atoms with van der Waals surface area (Å²) in [7, 11) is -3.90. The fraction of sp³-hybridized carbons (Fsp3) is 0.290. The maximum Gasteiger partial charge on any atom is 0.435 e. The number of anilines is 1. The number of alkyl halides is 3. The summed E-state index contributed by atoms with van der Waals surface area (Å²) in [4.78, 5) is 34.0. The highest BCUT2D eigenvalue weighted by atomic mass is 32.2. The third-order valence-electron chi connectivity index (χ3n) is 6.96. The third kappa shape index (κ3) is 10.1. The second-order valence-corrected chi connectivity index (χ2v) is 12.4. The summed E-state index contributed by atoms with van der Waals surface area (Å²) in [6.45, 7) is 5.49. The molecule has 4 N–H and O–H groups in total. The number of aromatic nitrogens is 6. The number of aryl methyl sites for hydroxylation is 2. The highest BCUT2D eigenvalue weighted by molar-refractivity contribution is 7.89. The first kappa shape index (κ1) is 36.5. The second kappa shape index (κ2) is 15.2. The molecular formula is C31H33F3N8O6S. The topological polar surface area (TPSA) is 200 Å². The zero-order valence-corrected chi connectivity index (χ0v) is 27.4. The van der Waals surface area contributed by atoms with Gasteiger partial charge in [-0.25, -0.2) is 28.2 Å². The summed E-state index contributed by atoms with van der Waals surface area (Å²) >= 11 is 0. The molecule has 0 spiro atoms. The van der Waals surface area contributed by atoms with E-state index in [0.717, 1.165) is 16.3 Å². The van der Waals surface area contributed by atoms with Crippen molar-refractivity contribution in [3.8, 4) is 16.9 Å². The van der Waals surface area contributed by atoms with Gasteiger partial charge in [0.2, 0.25) is 16.0 Å². The van der Waals surface area contributed by atoms with Crippen molar-refractivity contribution in [2.75, 3.05) is 18.9 Å². The first-order chi connectivity index (χ1) is 23.0. The number of primary sulfonamides is 1. The first-order valence-corrected chi connectivity index (χ1v) is 16.1. The van der Waals surface area contributed by atoms with Crippen LogP contribution >= 0.6 is 0 Å². The fourth-order valence-corrected chi connectivity index (χ4v) is 4.98. The van der Waals surface area contributed by atoms with E-state index in [2.05, 4.69) is 20.1 Å². The van der Waals surface area contributed by atoms with Crippen molar-refractivity contribution >= 4 is 39.1 Å². The molecule has 0 aliphatic carbocycles. The lowest BCUT2D eigenvalue weighted by Crippen LogP contribution is -2.21. The van der Waals surface area contributed by atoms with E-state index < -0.39 is 21.9 Å². The average molecular weight is 703 g/mol. The van der Waals surface area contributed by atoms with Crippen LogP contribution in [0.2, 0.25) is 0 Å². The molecule has 0 unspecified atom stereocenters. The largest absolute Gasteiger partial charge is 0.465 e. The van der Waals surface area contributed by atoms with Crippen LogP contribution in [0.1, 0.15) is 31.5 Å². The number of sulfonamides is 1. The molecule has 0 aliphatic heterocycles. The molecule has 5 aromatic rings. The van der Waals surface area contributed by atoms with Gasteiger partial charge in [-0.3, -0.25) is 9.59 Å². The Bertz CT molecular complexity index is 2010. The van der Waals surface area contributed by atoms with Crippen molar-refractivity contribution in [3.05, 3.63) is 78.4 Å². The molecule has 0 amide bonds.